The van der Waals surface area contributed by atoms with Crippen LogP contribution in [0.15, 0.2) is 35.7 Å². The number of nitrogens with one attached hydrogen (secondary N) is 1. The molecule has 0 saturated heterocycles. The number of halogens is 3. The molecule has 0 aliphatic heterocycles. The molecule has 8 heteroatoms. The number of hydrogen-bond donors (Lipinski definition) is 2. The molecule has 0 bridgehead atoms. The van der Waals surface area contributed by atoms with Gasteiger partial charge in [0, 0.05) is 12.1 Å². The molecular weight excluding hydrogens is 305 g/mol. The minimum Gasteiger partial charge on any atom is -0.405 e. The first kappa shape index (κ1) is 15.2. The lowest BCUT2D eigenvalue weighted by Crippen LogP contribution is -2.24. The summed E-state index contributed by atoms with van der Waals surface area (Å²) in [5.41, 5.74) is 6.15. The fourth-order valence-corrected chi connectivity index (χ4v) is 2.37. The Balaban J connectivity index is 2.07. The summed E-state index contributed by atoms with van der Waals surface area (Å²) in [7, 11) is 0. The number of carbonyl (C=O) groups excluding carboxylic acids is 1. The first-order chi connectivity index (χ1) is 9.87. The SMILES string of the molecule is Nc1ccsc1C(=O)NCc1ccccc1OC(F)(F)F. The summed E-state index contributed by atoms with van der Waals surface area (Å²) in [5, 5.41) is 4.17. The maximum atomic E-state index is 12.3. The first-order valence-electron chi connectivity index (χ1n) is 5.81. The molecule has 1 heterocycles. The van der Waals surface area contributed by atoms with Gasteiger partial charge in [0.05, 0.1) is 5.69 Å². The van der Waals surface area contributed by atoms with Crippen molar-refractivity contribution in [2.45, 2.75) is 12.9 Å². The van der Waals surface area contributed by atoms with E-state index in [-0.39, 0.29) is 17.9 Å². The summed E-state index contributed by atoms with van der Waals surface area (Å²) in [6.07, 6.45) is -4.78. The normalized spacial score (nSPS) is 11.2. The summed E-state index contributed by atoms with van der Waals surface area (Å²) >= 11 is 1.16. The number of alkyl halides is 3. The monoisotopic (exact) mass is 316 g/mol. The Morgan fingerprint density at radius 3 is 2.62 bits per heavy atom. The highest BCUT2D eigenvalue weighted by Gasteiger charge is 2.32. The Morgan fingerprint density at radius 1 is 1.29 bits per heavy atom. The standard InChI is InChI=1S/C13H11F3N2O2S/c14-13(15,16)20-10-4-2-1-3-8(10)7-18-12(19)11-9(17)5-6-21-11/h1-6H,7,17H2,(H,18,19). The van der Waals surface area contributed by atoms with Crippen LogP contribution in [0, 0.1) is 0 Å². The Morgan fingerprint density at radius 2 is 2.00 bits per heavy atom. The van der Waals surface area contributed by atoms with Gasteiger partial charge in [-0.25, -0.2) is 0 Å². The first-order valence-corrected chi connectivity index (χ1v) is 6.69. The van der Waals surface area contributed by atoms with Crippen molar-refractivity contribution in [2.24, 2.45) is 0 Å². The molecule has 2 rings (SSSR count). The van der Waals surface area contributed by atoms with Crippen molar-refractivity contribution in [2.75, 3.05) is 5.73 Å². The molecule has 3 N–H and O–H groups in total. The molecule has 0 saturated carbocycles. The molecule has 0 aliphatic carbocycles. The molecule has 0 aliphatic rings. The van der Waals surface area contributed by atoms with Crippen molar-refractivity contribution in [3.8, 4) is 5.75 Å². The smallest absolute Gasteiger partial charge is 0.405 e. The van der Waals surface area contributed by atoms with E-state index >= 15 is 0 Å². The molecular formula is C13H11F3N2O2S. The summed E-state index contributed by atoms with van der Waals surface area (Å²) in [6.45, 7) is -0.0948. The van der Waals surface area contributed by atoms with Crippen molar-refractivity contribution in [3.63, 3.8) is 0 Å². The molecule has 1 amide bonds. The van der Waals surface area contributed by atoms with E-state index in [2.05, 4.69) is 10.1 Å². The number of nitrogens with two attached hydrogens (primary N) is 1. The van der Waals surface area contributed by atoms with E-state index in [1.165, 1.54) is 18.2 Å². The molecule has 0 radical (unpaired) electrons. The lowest BCUT2D eigenvalue weighted by Gasteiger charge is -2.13. The highest BCUT2D eigenvalue weighted by atomic mass is 32.1. The molecule has 4 nitrogen and oxygen atoms in total. The van der Waals surface area contributed by atoms with Crippen LogP contribution in [0.1, 0.15) is 15.2 Å². The van der Waals surface area contributed by atoms with Crippen molar-refractivity contribution in [1.82, 2.24) is 5.32 Å². The third-order valence-corrected chi connectivity index (χ3v) is 3.47. The number of carbonyl (C=O) groups is 1. The number of benzene rings is 1. The number of hydrogen-bond acceptors (Lipinski definition) is 4. The van der Waals surface area contributed by atoms with Crippen LogP contribution in [0.2, 0.25) is 0 Å². The van der Waals surface area contributed by atoms with Gasteiger partial charge in [-0.2, -0.15) is 0 Å². The average molecular weight is 316 g/mol. The van der Waals surface area contributed by atoms with Gasteiger partial charge < -0.3 is 15.8 Å². The van der Waals surface area contributed by atoms with Gasteiger partial charge in [0.1, 0.15) is 10.6 Å². The van der Waals surface area contributed by atoms with Crippen molar-refractivity contribution in [3.05, 3.63) is 46.2 Å². The molecule has 1 aromatic heterocycles. The molecule has 0 atom stereocenters. The zero-order valence-electron chi connectivity index (χ0n) is 10.6. The van der Waals surface area contributed by atoms with Crippen LogP contribution in [0.25, 0.3) is 0 Å². The van der Waals surface area contributed by atoms with E-state index in [1.807, 2.05) is 0 Å². The quantitative estimate of drug-likeness (QED) is 0.910. The summed E-state index contributed by atoms with van der Waals surface area (Å²) < 4.78 is 40.7. The van der Waals surface area contributed by atoms with E-state index < -0.39 is 12.3 Å². The van der Waals surface area contributed by atoms with Gasteiger partial charge in [-0.15, -0.1) is 24.5 Å². The molecule has 112 valence electrons. The molecule has 0 unspecified atom stereocenters. The van der Waals surface area contributed by atoms with Gasteiger partial charge in [-0.05, 0) is 17.5 Å². The summed E-state index contributed by atoms with van der Waals surface area (Å²) in [4.78, 5) is 12.2. The third-order valence-electron chi connectivity index (χ3n) is 2.54. The van der Waals surface area contributed by atoms with Gasteiger partial charge in [0.15, 0.2) is 0 Å². The minimum absolute atomic E-state index is 0.0948. The number of amides is 1. The fraction of sp³-hybridized carbons (Fsp3) is 0.154. The van der Waals surface area contributed by atoms with Gasteiger partial charge in [-0.3, -0.25) is 4.79 Å². The van der Waals surface area contributed by atoms with Crippen LogP contribution >= 0.6 is 11.3 Å². The van der Waals surface area contributed by atoms with E-state index in [0.29, 0.717) is 10.6 Å². The fourth-order valence-electron chi connectivity index (χ4n) is 1.63. The van der Waals surface area contributed by atoms with E-state index in [4.69, 9.17) is 5.73 Å². The Hall–Kier alpha value is -2.22. The summed E-state index contributed by atoms with van der Waals surface area (Å²) in [5.74, 6) is -0.784. The van der Waals surface area contributed by atoms with Crippen LogP contribution < -0.4 is 15.8 Å². The third kappa shape index (κ3) is 4.12. The zero-order chi connectivity index (χ0) is 15.5. The van der Waals surface area contributed by atoms with Crippen LogP contribution in [0.5, 0.6) is 5.75 Å². The number of thiophene rings is 1. The lowest BCUT2D eigenvalue weighted by molar-refractivity contribution is -0.274. The second-order valence-corrected chi connectivity index (χ2v) is 4.96. The number of nitrogen functional groups attached to an aromatic ring is 1. The number of para-hydroxylation sites is 1. The largest absolute Gasteiger partial charge is 0.573 e. The lowest BCUT2D eigenvalue weighted by atomic mass is 10.2. The topological polar surface area (TPSA) is 64.4 Å². The minimum atomic E-state index is -4.78. The maximum absolute atomic E-state index is 12.3. The predicted molar refractivity (Wildman–Crippen MR) is 73.0 cm³/mol. The molecule has 1 aromatic carbocycles. The van der Waals surface area contributed by atoms with E-state index in [0.717, 1.165) is 11.3 Å². The second-order valence-electron chi connectivity index (χ2n) is 4.04. The average Bonchev–Trinajstić information content (AvgIpc) is 2.82. The van der Waals surface area contributed by atoms with Crippen molar-refractivity contribution < 1.29 is 22.7 Å². The molecule has 2 aromatic rings. The Bertz CT molecular complexity index is 640. The Kier molecular flexibility index (Phi) is 4.37. The highest BCUT2D eigenvalue weighted by molar-refractivity contribution is 7.12. The molecule has 0 fully saturated rings. The Labute approximate surface area is 122 Å². The van der Waals surface area contributed by atoms with Crippen molar-refractivity contribution in [1.29, 1.82) is 0 Å². The van der Waals surface area contributed by atoms with Crippen molar-refractivity contribution >= 4 is 22.9 Å². The van der Waals surface area contributed by atoms with Gasteiger partial charge in [0.25, 0.3) is 5.91 Å². The van der Waals surface area contributed by atoms with Gasteiger partial charge >= 0.3 is 6.36 Å². The van der Waals surface area contributed by atoms with Crippen LogP contribution in [-0.4, -0.2) is 12.3 Å². The number of ether oxygens (including phenoxy) is 1. The second kappa shape index (κ2) is 6.04. The molecule has 0 spiro atoms. The number of rotatable bonds is 4. The molecule has 21 heavy (non-hydrogen) atoms. The highest BCUT2D eigenvalue weighted by Crippen LogP contribution is 2.26. The maximum Gasteiger partial charge on any atom is 0.573 e. The number of anilines is 1. The van der Waals surface area contributed by atoms with Crippen LogP contribution in [0.4, 0.5) is 18.9 Å². The predicted octanol–water partition coefficient (Wildman–Crippen LogP) is 3.16. The van der Waals surface area contributed by atoms with E-state index in [9.17, 15) is 18.0 Å². The summed E-state index contributed by atoms with van der Waals surface area (Å²) in [6, 6.07) is 7.20. The van der Waals surface area contributed by atoms with Crippen LogP contribution in [-0.2, 0) is 6.54 Å². The van der Waals surface area contributed by atoms with Gasteiger partial charge in [-0.1, -0.05) is 18.2 Å². The van der Waals surface area contributed by atoms with E-state index in [1.54, 1.807) is 17.5 Å². The van der Waals surface area contributed by atoms with Crippen LogP contribution in [0.3, 0.4) is 0 Å². The van der Waals surface area contributed by atoms with Gasteiger partial charge in [0.2, 0.25) is 0 Å². The zero-order valence-corrected chi connectivity index (χ0v) is 11.4.